The minimum Gasteiger partial charge on any atom is -0.481 e. The minimum atomic E-state index is -0.707. The van der Waals surface area contributed by atoms with Gasteiger partial charge in [-0.05, 0) is 25.0 Å². The Balaban J connectivity index is 1.92. The topological polar surface area (TPSA) is 62.2 Å². The number of carboxylic acids is 1. The normalized spacial score (nSPS) is 17.4. The number of aromatic nitrogens is 1. The van der Waals surface area contributed by atoms with Crippen LogP contribution in [0.15, 0.2) is 24.4 Å². The van der Waals surface area contributed by atoms with E-state index in [9.17, 15) is 4.79 Å². The highest BCUT2D eigenvalue weighted by Crippen LogP contribution is 2.45. The van der Waals surface area contributed by atoms with Crippen molar-refractivity contribution in [2.24, 2.45) is 5.41 Å². The molecule has 1 aromatic heterocycles. The Bertz CT molecular complexity index is 333. The van der Waals surface area contributed by atoms with Crippen LogP contribution in [0.25, 0.3) is 0 Å². The van der Waals surface area contributed by atoms with Gasteiger partial charge < -0.3 is 10.4 Å². The number of hydrogen-bond acceptors (Lipinski definition) is 3. The van der Waals surface area contributed by atoms with Gasteiger partial charge in [0.15, 0.2) is 0 Å². The lowest BCUT2D eigenvalue weighted by Crippen LogP contribution is -2.24. The molecule has 1 fully saturated rings. The summed E-state index contributed by atoms with van der Waals surface area (Å²) in [7, 11) is 0. The molecule has 1 aliphatic rings. The summed E-state index contributed by atoms with van der Waals surface area (Å²) in [6, 6.07) is 5.53. The molecule has 4 nitrogen and oxygen atoms in total. The first kappa shape index (κ1) is 8.99. The molecule has 0 atom stereocenters. The average Bonchev–Trinajstić information content (AvgIpc) is 2.97. The van der Waals surface area contributed by atoms with Crippen LogP contribution in [0.5, 0.6) is 0 Å². The maximum atomic E-state index is 10.8. The predicted octanol–water partition coefficient (Wildman–Crippen LogP) is 1.36. The van der Waals surface area contributed by atoms with Crippen LogP contribution in [0.1, 0.15) is 12.8 Å². The summed E-state index contributed by atoms with van der Waals surface area (Å²) in [4.78, 5) is 14.9. The Labute approximate surface area is 82.0 Å². The van der Waals surface area contributed by atoms with Gasteiger partial charge in [0.1, 0.15) is 5.82 Å². The zero-order chi connectivity index (χ0) is 10.0. The number of hydrogen-bond donors (Lipinski definition) is 2. The monoisotopic (exact) mass is 192 g/mol. The predicted molar refractivity (Wildman–Crippen MR) is 52.0 cm³/mol. The molecular weight excluding hydrogens is 180 g/mol. The Hall–Kier alpha value is -1.58. The molecule has 2 rings (SSSR count). The number of carbonyl (C=O) groups is 1. The zero-order valence-corrected chi connectivity index (χ0v) is 7.73. The number of aliphatic carboxylic acids is 1. The SMILES string of the molecule is O=C(O)C1(CNc2ccccn2)CC1. The van der Waals surface area contributed by atoms with E-state index in [4.69, 9.17) is 5.11 Å². The van der Waals surface area contributed by atoms with Crippen molar-refractivity contribution < 1.29 is 9.90 Å². The Kier molecular flexibility index (Phi) is 2.11. The fraction of sp³-hybridized carbons (Fsp3) is 0.400. The van der Waals surface area contributed by atoms with Crippen molar-refractivity contribution in [2.45, 2.75) is 12.8 Å². The second-order valence-corrected chi connectivity index (χ2v) is 3.65. The molecular formula is C10H12N2O2. The van der Waals surface area contributed by atoms with Crippen LogP contribution in [0.2, 0.25) is 0 Å². The average molecular weight is 192 g/mol. The van der Waals surface area contributed by atoms with E-state index in [0.29, 0.717) is 6.54 Å². The highest BCUT2D eigenvalue weighted by molar-refractivity contribution is 5.78. The van der Waals surface area contributed by atoms with Crippen molar-refractivity contribution in [1.82, 2.24) is 4.98 Å². The zero-order valence-electron chi connectivity index (χ0n) is 7.73. The summed E-state index contributed by atoms with van der Waals surface area (Å²) >= 11 is 0. The fourth-order valence-electron chi connectivity index (χ4n) is 1.34. The summed E-state index contributed by atoms with van der Waals surface area (Å²) in [5.74, 6) is 0.0287. The lowest BCUT2D eigenvalue weighted by molar-refractivity contribution is -0.142. The second-order valence-electron chi connectivity index (χ2n) is 3.65. The molecule has 0 bridgehead atoms. The van der Waals surface area contributed by atoms with Crippen LogP contribution in [0.4, 0.5) is 5.82 Å². The maximum Gasteiger partial charge on any atom is 0.311 e. The standard InChI is InChI=1S/C10H12N2O2/c13-9(14)10(4-5-10)7-12-8-3-1-2-6-11-8/h1-3,6H,4-5,7H2,(H,11,12)(H,13,14). The van der Waals surface area contributed by atoms with E-state index in [-0.39, 0.29) is 0 Å². The van der Waals surface area contributed by atoms with Crippen molar-refractivity contribution in [2.75, 3.05) is 11.9 Å². The summed E-state index contributed by atoms with van der Waals surface area (Å²) in [5.41, 5.74) is -0.530. The molecule has 74 valence electrons. The third-order valence-corrected chi connectivity index (χ3v) is 2.58. The second kappa shape index (κ2) is 3.29. The number of nitrogens with zero attached hydrogens (tertiary/aromatic N) is 1. The molecule has 0 aliphatic heterocycles. The van der Waals surface area contributed by atoms with E-state index in [1.54, 1.807) is 6.20 Å². The summed E-state index contributed by atoms with van der Waals surface area (Å²) < 4.78 is 0. The van der Waals surface area contributed by atoms with Crippen LogP contribution in [0, 0.1) is 5.41 Å². The highest BCUT2D eigenvalue weighted by atomic mass is 16.4. The van der Waals surface area contributed by atoms with Crippen molar-refractivity contribution in [3.8, 4) is 0 Å². The van der Waals surface area contributed by atoms with Crippen LogP contribution >= 0.6 is 0 Å². The Morgan fingerprint density at radius 2 is 2.36 bits per heavy atom. The van der Waals surface area contributed by atoms with E-state index in [2.05, 4.69) is 10.3 Å². The van der Waals surface area contributed by atoms with Crippen LogP contribution < -0.4 is 5.32 Å². The first-order chi connectivity index (χ1) is 6.73. The molecule has 0 spiro atoms. The van der Waals surface area contributed by atoms with Gasteiger partial charge in [0, 0.05) is 12.7 Å². The van der Waals surface area contributed by atoms with E-state index in [0.717, 1.165) is 18.7 Å². The summed E-state index contributed by atoms with van der Waals surface area (Å²) in [6.07, 6.45) is 3.22. The van der Waals surface area contributed by atoms with E-state index in [1.165, 1.54) is 0 Å². The number of anilines is 1. The first-order valence-corrected chi connectivity index (χ1v) is 4.61. The van der Waals surface area contributed by atoms with Crippen molar-refractivity contribution in [3.05, 3.63) is 24.4 Å². The molecule has 0 saturated heterocycles. The lowest BCUT2D eigenvalue weighted by atomic mass is 10.1. The largest absolute Gasteiger partial charge is 0.481 e. The molecule has 1 aliphatic carbocycles. The quantitative estimate of drug-likeness (QED) is 0.756. The minimum absolute atomic E-state index is 0.472. The Morgan fingerprint density at radius 3 is 2.86 bits per heavy atom. The first-order valence-electron chi connectivity index (χ1n) is 4.61. The maximum absolute atomic E-state index is 10.8. The molecule has 14 heavy (non-hydrogen) atoms. The molecule has 0 aromatic carbocycles. The number of nitrogens with one attached hydrogen (secondary N) is 1. The molecule has 1 heterocycles. The van der Waals surface area contributed by atoms with Crippen LogP contribution in [-0.4, -0.2) is 22.6 Å². The van der Waals surface area contributed by atoms with Gasteiger partial charge in [-0.15, -0.1) is 0 Å². The molecule has 0 unspecified atom stereocenters. The highest BCUT2D eigenvalue weighted by Gasteiger charge is 2.50. The van der Waals surface area contributed by atoms with Gasteiger partial charge in [-0.1, -0.05) is 6.07 Å². The van der Waals surface area contributed by atoms with Crippen LogP contribution in [0.3, 0.4) is 0 Å². The van der Waals surface area contributed by atoms with E-state index < -0.39 is 11.4 Å². The molecule has 2 N–H and O–H groups in total. The molecule has 1 aromatic rings. The molecule has 4 heteroatoms. The molecule has 0 radical (unpaired) electrons. The summed E-state index contributed by atoms with van der Waals surface area (Å²) in [6.45, 7) is 0.472. The van der Waals surface area contributed by atoms with Gasteiger partial charge in [0.05, 0.1) is 5.41 Å². The number of pyridine rings is 1. The van der Waals surface area contributed by atoms with Crippen LogP contribution in [-0.2, 0) is 4.79 Å². The third-order valence-electron chi connectivity index (χ3n) is 2.58. The van der Waals surface area contributed by atoms with Gasteiger partial charge in [0.2, 0.25) is 0 Å². The van der Waals surface area contributed by atoms with Gasteiger partial charge >= 0.3 is 5.97 Å². The smallest absolute Gasteiger partial charge is 0.311 e. The van der Waals surface area contributed by atoms with E-state index in [1.807, 2.05) is 18.2 Å². The number of carboxylic acid groups (broad SMARTS) is 1. The molecule has 1 saturated carbocycles. The van der Waals surface area contributed by atoms with E-state index >= 15 is 0 Å². The van der Waals surface area contributed by atoms with Gasteiger partial charge in [-0.2, -0.15) is 0 Å². The van der Waals surface area contributed by atoms with Gasteiger partial charge in [-0.25, -0.2) is 4.98 Å². The van der Waals surface area contributed by atoms with Crippen molar-refractivity contribution in [3.63, 3.8) is 0 Å². The lowest BCUT2D eigenvalue weighted by Gasteiger charge is -2.10. The summed E-state index contributed by atoms with van der Waals surface area (Å²) in [5, 5.41) is 12.0. The fourth-order valence-corrected chi connectivity index (χ4v) is 1.34. The van der Waals surface area contributed by atoms with Gasteiger partial charge in [-0.3, -0.25) is 4.79 Å². The number of rotatable bonds is 4. The molecule has 0 amide bonds. The van der Waals surface area contributed by atoms with Crippen molar-refractivity contribution in [1.29, 1.82) is 0 Å². The van der Waals surface area contributed by atoms with Gasteiger partial charge in [0.25, 0.3) is 0 Å². The van der Waals surface area contributed by atoms with Crippen molar-refractivity contribution >= 4 is 11.8 Å². The third kappa shape index (κ3) is 1.69. The Morgan fingerprint density at radius 1 is 1.57 bits per heavy atom.